The highest BCUT2D eigenvalue weighted by atomic mass is 35.5. The minimum atomic E-state index is -0.976. The first-order valence-electron chi connectivity index (χ1n) is 9.84. The molecule has 3 N–H and O–H groups in total. The van der Waals surface area contributed by atoms with Crippen molar-refractivity contribution in [2.75, 3.05) is 23.7 Å². The molecule has 8 nitrogen and oxygen atoms in total. The Labute approximate surface area is 187 Å². The molecule has 32 heavy (non-hydrogen) atoms. The van der Waals surface area contributed by atoms with Gasteiger partial charge in [-0.05, 0) is 37.1 Å². The van der Waals surface area contributed by atoms with Gasteiger partial charge in [-0.2, -0.15) is 0 Å². The molecule has 0 spiro atoms. The summed E-state index contributed by atoms with van der Waals surface area (Å²) in [6, 6.07) is 9.77. The summed E-state index contributed by atoms with van der Waals surface area (Å²) in [4.78, 5) is 33.1. The Morgan fingerprint density at radius 1 is 1.16 bits per heavy atom. The molecule has 4 rings (SSSR count). The number of rotatable bonds is 4. The zero-order valence-electron chi connectivity index (χ0n) is 16.8. The summed E-state index contributed by atoms with van der Waals surface area (Å²) in [5.74, 6) is -0.673. The fourth-order valence-corrected chi connectivity index (χ4v) is 3.65. The molecule has 164 valence electrons. The molecule has 2 heterocycles. The molecule has 2 aromatic carbocycles. The molecule has 0 unspecified atom stereocenters. The molecule has 1 saturated heterocycles. The van der Waals surface area contributed by atoms with E-state index in [0.29, 0.717) is 53.4 Å². The van der Waals surface area contributed by atoms with E-state index >= 15 is 0 Å². The molecule has 3 aromatic rings. The summed E-state index contributed by atoms with van der Waals surface area (Å²) in [6.45, 7) is 0.656. The molecule has 10 heteroatoms. The highest BCUT2D eigenvalue weighted by molar-refractivity contribution is 6.30. The molecule has 1 fully saturated rings. The quantitative estimate of drug-likeness (QED) is 0.487. The minimum absolute atomic E-state index is 0.00809. The van der Waals surface area contributed by atoms with Crippen LogP contribution in [0, 0.1) is 5.82 Å². The predicted molar refractivity (Wildman–Crippen MR) is 120 cm³/mol. The van der Waals surface area contributed by atoms with E-state index in [0.717, 1.165) is 5.57 Å². The predicted octanol–water partition coefficient (Wildman–Crippen LogP) is 4.80. The fourth-order valence-electron chi connectivity index (χ4n) is 3.46. The van der Waals surface area contributed by atoms with Crippen LogP contribution in [-0.4, -0.2) is 45.1 Å². The Hall–Kier alpha value is -3.72. The Bertz CT molecular complexity index is 1220. The van der Waals surface area contributed by atoms with Crippen molar-refractivity contribution in [1.29, 1.82) is 0 Å². The van der Waals surface area contributed by atoms with E-state index < -0.39 is 17.8 Å². The van der Waals surface area contributed by atoms with E-state index in [1.165, 1.54) is 29.4 Å². The molecular weight excluding hydrogens is 437 g/mol. The Morgan fingerprint density at radius 3 is 2.66 bits per heavy atom. The molecule has 1 aromatic heterocycles. The van der Waals surface area contributed by atoms with Crippen LogP contribution in [0.4, 0.5) is 26.4 Å². The number of hydrogen-bond donors (Lipinski definition) is 3. The van der Waals surface area contributed by atoms with Crippen molar-refractivity contribution < 1.29 is 19.1 Å². The van der Waals surface area contributed by atoms with Crippen molar-refractivity contribution in [3.63, 3.8) is 0 Å². The second-order valence-electron chi connectivity index (χ2n) is 7.27. The number of hydrogen-bond acceptors (Lipinski definition) is 5. The monoisotopic (exact) mass is 455 g/mol. The van der Waals surface area contributed by atoms with Gasteiger partial charge in [0.2, 0.25) is 5.91 Å². The highest BCUT2D eigenvalue weighted by Crippen LogP contribution is 2.29. The maximum atomic E-state index is 14.6. The first kappa shape index (κ1) is 21.5. The van der Waals surface area contributed by atoms with Crippen molar-refractivity contribution in [3.8, 4) is 0 Å². The van der Waals surface area contributed by atoms with Crippen LogP contribution >= 0.6 is 11.6 Å². The van der Waals surface area contributed by atoms with Crippen LogP contribution in [0.1, 0.15) is 12.8 Å². The average molecular weight is 456 g/mol. The van der Waals surface area contributed by atoms with Crippen molar-refractivity contribution >= 4 is 51.7 Å². The number of nitrogens with zero attached hydrogens (tertiary/aromatic N) is 3. The summed E-state index contributed by atoms with van der Waals surface area (Å²) < 4.78 is 14.6. The third-order valence-electron chi connectivity index (χ3n) is 5.08. The van der Waals surface area contributed by atoms with E-state index in [4.69, 9.17) is 16.7 Å². The Kier molecular flexibility index (Phi) is 6.18. The summed E-state index contributed by atoms with van der Waals surface area (Å²) in [5.41, 5.74) is 1.88. The lowest BCUT2D eigenvalue weighted by atomic mass is 10.0. The van der Waals surface area contributed by atoms with Crippen LogP contribution in [-0.2, 0) is 4.79 Å². The number of anilines is 3. The molecule has 2 amide bonds. The number of halogens is 2. The summed E-state index contributed by atoms with van der Waals surface area (Å²) in [7, 11) is 0. The Balaban J connectivity index is 1.55. The molecular formula is C22H19ClFN5O3. The van der Waals surface area contributed by atoms with Gasteiger partial charge < -0.3 is 20.6 Å². The van der Waals surface area contributed by atoms with Crippen LogP contribution < -0.4 is 10.6 Å². The van der Waals surface area contributed by atoms with Crippen LogP contribution in [0.25, 0.3) is 10.9 Å². The molecule has 0 aliphatic carbocycles. The number of amides is 2. The van der Waals surface area contributed by atoms with Crippen molar-refractivity contribution in [2.24, 2.45) is 0 Å². The lowest BCUT2D eigenvalue weighted by Crippen LogP contribution is -2.35. The third kappa shape index (κ3) is 4.94. The number of carbonyl (C=O) groups is 2. The largest absolute Gasteiger partial charge is 0.465 e. The van der Waals surface area contributed by atoms with Crippen molar-refractivity contribution in [1.82, 2.24) is 14.9 Å². The number of carbonyl (C=O) groups excluding carboxylic acids is 1. The van der Waals surface area contributed by atoms with Crippen molar-refractivity contribution in [2.45, 2.75) is 12.8 Å². The van der Waals surface area contributed by atoms with Crippen LogP contribution in [0.5, 0.6) is 0 Å². The van der Waals surface area contributed by atoms with Crippen LogP contribution in [0.2, 0.25) is 5.02 Å². The maximum Gasteiger partial charge on any atom is 0.407 e. The molecule has 0 bridgehead atoms. The van der Waals surface area contributed by atoms with Crippen molar-refractivity contribution in [3.05, 3.63) is 65.2 Å². The summed E-state index contributed by atoms with van der Waals surface area (Å²) in [6.07, 6.45) is 2.66. The zero-order chi connectivity index (χ0) is 22.7. The fraction of sp³-hybridized carbons (Fsp3) is 0.182. The lowest BCUT2D eigenvalue weighted by molar-refractivity contribution is -0.112. The number of fused-ring (bicyclic) bond motifs is 1. The number of carboxylic acid groups (broad SMARTS) is 1. The topological polar surface area (TPSA) is 107 Å². The lowest BCUT2D eigenvalue weighted by Gasteiger charge is -2.25. The second kappa shape index (κ2) is 9.19. The maximum absolute atomic E-state index is 14.6. The first-order valence-corrected chi connectivity index (χ1v) is 10.2. The van der Waals surface area contributed by atoms with E-state index in [9.17, 15) is 14.0 Å². The van der Waals surface area contributed by atoms with Gasteiger partial charge in [-0.1, -0.05) is 23.2 Å². The number of nitrogens with one attached hydrogen (secondary N) is 2. The number of likely N-dealkylation sites (tertiary alicyclic amines) is 1. The molecule has 0 atom stereocenters. The molecule has 1 aliphatic heterocycles. The van der Waals surface area contributed by atoms with E-state index in [1.807, 2.05) is 6.07 Å². The van der Waals surface area contributed by atoms with Crippen LogP contribution in [0.3, 0.4) is 0 Å². The van der Waals surface area contributed by atoms with Gasteiger partial charge in [-0.25, -0.2) is 19.2 Å². The van der Waals surface area contributed by atoms with Gasteiger partial charge in [0.25, 0.3) is 0 Å². The second-order valence-corrected chi connectivity index (χ2v) is 7.70. The van der Waals surface area contributed by atoms with Gasteiger partial charge in [0.1, 0.15) is 18.0 Å². The van der Waals surface area contributed by atoms with E-state index in [-0.39, 0.29) is 5.69 Å². The minimum Gasteiger partial charge on any atom is -0.465 e. The molecule has 0 saturated carbocycles. The first-order chi connectivity index (χ1) is 15.4. The van der Waals surface area contributed by atoms with E-state index in [2.05, 4.69) is 20.6 Å². The summed E-state index contributed by atoms with van der Waals surface area (Å²) >= 11 is 6.03. The van der Waals surface area contributed by atoms with Gasteiger partial charge in [-0.3, -0.25) is 4.79 Å². The molecule has 0 radical (unpaired) electrons. The average Bonchev–Trinajstić information content (AvgIpc) is 2.75. The summed E-state index contributed by atoms with van der Waals surface area (Å²) in [5, 5.41) is 15.8. The van der Waals surface area contributed by atoms with Gasteiger partial charge in [-0.15, -0.1) is 0 Å². The Morgan fingerprint density at radius 2 is 1.94 bits per heavy atom. The number of aromatic nitrogens is 2. The van der Waals surface area contributed by atoms with Gasteiger partial charge in [0.05, 0.1) is 11.2 Å². The standard InChI is InChI=1S/C22H19ClFN5O3/c23-14-2-1-3-15(9-14)27-21-16-10-19(17(24)11-18(16)25-12-26-21)28-20(30)8-13-4-6-29(7-5-13)22(31)32/h1-3,8-12H,4-7H2,(H,28,30)(H,31,32)(H,25,26,27). The SMILES string of the molecule is O=C(C=C1CCN(C(=O)O)CC1)Nc1cc2c(Nc3cccc(Cl)c3)ncnc2cc1F. The smallest absolute Gasteiger partial charge is 0.407 e. The van der Waals surface area contributed by atoms with Gasteiger partial charge >= 0.3 is 6.09 Å². The molecule has 1 aliphatic rings. The van der Waals surface area contributed by atoms with Crippen LogP contribution in [0.15, 0.2) is 54.4 Å². The normalized spacial score (nSPS) is 13.7. The highest BCUT2D eigenvalue weighted by Gasteiger charge is 2.19. The third-order valence-corrected chi connectivity index (χ3v) is 5.32. The number of benzene rings is 2. The van der Waals surface area contributed by atoms with E-state index in [1.54, 1.807) is 18.2 Å². The zero-order valence-corrected chi connectivity index (χ0v) is 17.6. The van der Waals surface area contributed by atoms with Gasteiger partial charge in [0.15, 0.2) is 0 Å². The number of piperidine rings is 1. The van der Waals surface area contributed by atoms with Gasteiger partial charge in [0, 0.05) is 41.3 Å².